The van der Waals surface area contributed by atoms with Crippen molar-refractivity contribution in [3.63, 3.8) is 0 Å². The third-order valence-corrected chi connectivity index (χ3v) is 5.83. The second-order valence-corrected chi connectivity index (χ2v) is 8.18. The Kier molecular flexibility index (Phi) is 9.27. The number of carbonyl (C=O) groups excluding carboxylic acids is 2. The van der Waals surface area contributed by atoms with E-state index in [1.807, 2.05) is 24.3 Å². The number of urea groups is 1. The van der Waals surface area contributed by atoms with Gasteiger partial charge in [-0.15, -0.1) is 0 Å². The van der Waals surface area contributed by atoms with E-state index >= 15 is 0 Å². The average Bonchev–Trinajstić information content (AvgIpc) is 3.40. The molecule has 2 aromatic carbocycles. The van der Waals surface area contributed by atoms with Gasteiger partial charge in [0, 0.05) is 24.1 Å². The zero-order chi connectivity index (χ0) is 26.9. The molecule has 1 unspecified atom stereocenters. The number of nitrogens with zero attached hydrogens (tertiary/aromatic N) is 2. The van der Waals surface area contributed by atoms with Gasteiger partial charge in [-0.1, -0.05) is 6.07 Å². The molecule has 3 rings (SSSR count). The minimum absolute atomic E-state index is 0.269. The van der Waals surface area contributed by atoms with Crippen LogP contribution in [0.4, 0.5) is 10.5 Å². The van der Waals surface area contributed by atoms with E-state index in [1.165, 1.54) is 7.11 Å². The first-order chi connectivity index (χ1) is 17.8. The molecule has 0 saturated heterocycles. The number of anilines is 1. The summed E-state index contributed by atoms with van der Waals surface area (Å²) in [7, 11) is 6.17. The van der Waals surface area contributed by atoms with Crippen LogP contribution in [0, 0.1) is 0 Å². The summed E-state index contributed by atoms with van der Waals surface area (Å²) in [6, 6.07) is 7.97. The van der Waals surface area contributed by atoms with E-state index in [9.17, 15) is 9.59 Å². The van der Waals surface area contributed by atoms with Crippen LogP contribution >= 0.6 is 0 Å². The molecule has 0 bridgehead atoms. The number of ether oxygens (including phenoxy) is 4. The molecule has 0 aliphatic carbocycles. The highest BCUT2D eigenvalue weighted by atomic mass is 16.5. The number of primary amides is 1. The largest absolute Gasteiger partial charge is 0.495 e. The van der Waals surface area contributed by atoms with E-state index in [0.29, 0.717) is 60.3 Å². The Morgan fingerprint density at radius 3 is 2.27 bits per heavy atom. The predicted octanol–water partition coefficient (Wildman–Crippen LogP) is 2.05. The van der Waals surface area contributed by atoms with Crippen molar-refractivity contribution in [3.8, 4) is 23.0 Å². The van der Waals surface area contributed by atoms with Crippen LogP contribution in [0.5, 0.6) is 23.0 Å². The van der Waals surface area contributed by atoms with E-state index in [0.717, 1.165) is 16.7 Å². The summed E-state index contributed by atoms with van der Waals surface area (Å²) in [5.74, 6) is 1.71. The lowest BCUT2D eigenvalue weighted by atomic mass is 9.99. The van der Waals surface area contributed by atoms with E-state index in [1.54, 1.807) is 27.4 Å². The molecule has 2 aromatic rings. The van der Waals surface area contributed by atoms with Crippen LogP contribution in [-0.4, -0.2) is 59.5 Å². The van der Waals surface area contributed by atoms with E-state index in [-0.39, 0.29) is 5.91 Å². The second kappa shape index (κ2) is 12.6. The van der Waals surface area contributed by atoms with Gasteiger partial charge in [0.25, 0.3) is 5.91 Å². The maximum absolute atomic E-state index is 12.8. The van der Waals surface area contributed by atoms with Crippen molar-refractivity contribution in [2.24, 2.45) is 16.0 Å². The lowest BCUT2D eigenvalue weighted by molar-refractivity contribution is -0.403. The highest BCUT2D eigenvalue weighted by Crippen LogP contribution is 2.43. The second-order valence-electron chi connectivity index (χ2n) is 8.18. The van der Waals surface area contributed by atoms with Crippen molar-refractivity contribution < 1.29 is 34.3 Å². The quantitative estimate of drug-likeness (QED) is 0.316. The number of hydrogen-bond acceptors (Lipinski definition) is 8. The number of benzene rings is 2. The Bertz CT molecular complexity index is 1190. The van der Waals surface area contributed by atoms with Crippen molar-refractivity contribution in [2.75, 3.05) is 46.8 Å². The monoisotopic (exact) mass is 513 g/mol. The van der Waals surface area contributed by atoms with Crippen molar-refractivity contribution >= 4 is 28.9 Å². The first-order valence-electron chi connectivity index (χ1n) is 11.6. The maximum Gasteiger partial charge on any atom is 0.312 e. The summed E-state index contributed by atoms with van der Waals surface area (Å²) >= 11 is 0. The number of carbonyl (C=O) groups is 2. The molecule has 0 saturated carbocycles. The lowest BCUT2D eigenvalue weighted by Crippen LogP contribution is -2.66. The highest BCUT2D eigenvalue weighted by molar-refractivity contribution is 5.98. The molecule has 0 aromatic heterocycles. The lowest BCUT2D eigenvalue weighted by Gasteiger charge is -2.16. The van der Waals surface area contributed by atoms with Crippen LogP contribution < -0.4 is 41.0 Å². The Hall–Kier alpha value is -4.32. The van der Waals surface area contributed by atoms with Crippen LogP contribution in [0.3, 0.4) is 0 Å². The van der Waals surface area contributed by atoms with Crippen LogP contribution in [0.25, 0.3) is 11.3 Å². The van der Waals surface area contributed by atoms with Gasteiger partial charge in [-0.05, 0) is 36.2 Å². The minimum atomic E-state index is -0.600. The third kappa shape index (κ3) is 6.47. The molecule has 12 heteroatoms. The Labute approximate surface area is 215 Å². The Morgan fingerprint density at radius 1 is 1.00 bits per heavy atom. The number of hydrogen-bond donors (Lipinski definition) is 4. The molecule has 0 radical (unpaired) electrons. The van der Waals surface area contributed by atoms with Gasteiger partial charge < -0.3 is 41.0 Å². The van der Waals surface area contributed by atoms with Gasteiger partial charge in [-0.25, -0.2) is 4.79 Å². The van der Waals surface area contributed by atoms with Gasteiger partial charge in [0.1, 0.15) is 5.75 Å². The van der Waals surface area contributed by atoms with E-state index in [2.05, 4.69) is 26.6 Å². The van der Waals surface area contributed by atoms with Gasteiger partial charge >= 0.3 is 6.03 Å². The average molecular weight is 514 g/mol. The fourth-order valence-electron chi connectivity index (χ4n) is 3.91. The molecular formula is C25H33N6O6+. The topological polar surface area (TPSA) is 174 Å². The number of methoxy groups -OCH3 is 4. The number of nitrogens with two attached hydrogens (primary N) is 1. The Balaban J connectivity index is 1.89. The summed E-state index contributed by atoms with van der Waals surface area (Å²) in [6.07, 6.45) is 1.04. The fraction of sp³-hybridized carbons (Fsp3) is 0.360. The molecule has 12 nitrogen and oxygen atoms in total. The molecule has 1 atom stereocenters. The number of azo groups is 1. The number of quaternary nitrogens is 1. The van der Waals surface area contributed by atoms with Crippen molar-refractivity contribution in [2.45, 2.75) is 18.9 Å². The van der Waals surface area contributed by atoms with E-state index < -0.39 is 12.1 Å². The van der Waals surface area contributed by atoms with Gasteiger partial charge in [-0.3, -0.25) is 4.79 Å². The number of amides is 3. The van der Waals surface area contributed by atoms with Crippen LogP contribution in [0.15, 0.2) is 40.6 Å². The van der Waals surface area contributed by atoms with Gasteiger partial charge in [-0.2, -0.15) is 10.2 Å². The normalized spacial score (nSPS) is 13.2. The van der Waals surface area contributed by atoms with Gasteiger partial charge in [0.05, 0.1) is 46.4 Å². The summed E-state index contributed by atoms with van der Waals surface area (Å²) in [5.41, 5.74) is 12.6. The van der Waals surface area contributed by atoms with Gasteiger partial charge in [0.2, 0.25) is 5.75 Å². The van der Waals surface area contributed by atoms with Crippen molar-refractivity contribution in [1.82, 2.24) is 5.32 Å². The molecule has 3 amide bonds. The van der Waals surface area contributed by atoms with Crippen molar-refractivity contribution in [3.05, 3.63) is 41.5 Å². The SMILES string of the molecule is COc1ccc(C2=C(c3cc(OC)c(OC)c(OC)c3)N=NC2)cc1NC(=O)C([NH3+])CCCNC(N)=O. The summed E-state index contributed by atoms with van der Waals surface area (Å²) in [5, 5.41) is 14.0. The summed E-state index contributed by atoms with van der Waals surface area (Å²) in [6.45, 7) is 0.731. The predicted molar refractivity (Wildman–Crippen MR) is 138 cm³/mol. The van der Waals surface area contributed by atoms with Crippen LogP contribution in [0.1, 0.15) is 24.0 Å². The van der Waals surface area contributed by atoms with Gasteiger partial charge in [0.15, 0.2) is 17.5 Å². The molecular weight excluding hydrogens is 480 g/mol. The zero-order valence-electron chi connectivity index (χ0n) is 21.4. The summed E-state index contributed by atoms with van der Waals surface area (Å²) < 4.78 is 21.9. The molecule has 0 spiro atoms. The standard InChI is InChI=1S/C25H32N6O6/c1-34-19-8-7-14(10-18(19)30-24(32)17(26)6-5-9-28-25(27)33)16-13-29-31-22(16)15-11-20(35-2)23(37-4)21(12-15)36-3/h7-8,10-12,17H,5-6,9,13,26H2,1-4H3,(H,30,32)(H3,27,28,33)/p+1. The van der Waals surface area contributed by atoms with Crippen LogP contribution in [-0.2, 0) is 4.79 Å². The minimum Gasteiger partial charge on any atom is -0.495 e. The molecule has 1 aliphatic rings. The first kappa shape index (κ1) is 27.3. The van der Waals surface area contributed by atoms with E-state index in [4.69, 9.17) is 24.7 Å². The molecule has 1 aliphatic heterocycles. The zero-order valence-corrected chi connectivity index (χ0v) is 21.4. The maximum atomic E-state index is 12.8. The number of nitrogens with one attached hydrogen (secondary N) is 2. The molecule has 7 N–H and O–H groups in total. The first-order valence-corrected chi connectivity index (χ1v) is 11.6. The van der Waals surface area contributed by atoms with Crippen molar-refractivity contribution in [1.29, 1.82) is 0 Å². The molecule has 198 valence electrons. The molecule has 37 heavy (non-hydrogen) atoms. The Morgan fingerprint density at radius 2 is 1.68 bits per heavy atom. The summed E-state index contributed by atoms with van der Waals surface area (Å²) in [4.78, 5) is 23.6. The number of rotatable bonds is 12. The van der Waals surface area contributed by atoms with Crippen LogP contribution in [0.2, 0.25) is 0 Å². The third-order valence-electron chi connectivity index (χ3n) is 5.83. The smallest absolute Gasteiger partial charge is 0.312 e. The molecule has 0 fully saturated rings. The molecule has 1 heterocycles. The fourth-order valence-corrected chi connectivity index (χ4v) is 3.91. The highest BCUT2D eigenvalue weighted by Gasteiger charge is 2.23.